The van der Waals surface area contributed by atoms with Gasteiger partial charge in [0.2, 0.25) is 0 Å². The zero-order valence-electron chi connectivity index (χ0n) is 12.0. The SMILES string of the molecule is CCN(CCO)C(=O)c1c(-c2ccccc2Cl)noc1C. The summed E-state index contributed by atoms with van der Waals surface area (Å²) in [5.41, 5.74) is 1.47. The minimum Gasteiger partial charge on any atom is -0.395 e. The number of aliphatic hydroxyl groups is 1. The highest BCUT2D eigenvalue weighted by atomic mass is 35.5. The van der Waals surface area contributed by atoms with E-state index in [1.54, 1.807) is 24.0 Å². The average Bonchev–Trinajstić information content (AvgIpc) is 2.86. The van der Waals surface area contributed by atoms with Crippen LogP contribution in [0.4, 0.5) is 0 Å². The van der Waals surface area contributed by atoms with Crippen LogP contribution in [0.3, 0.4) is 0 Å². The molecular formula is C15H17ClN2O3. The first-order valence-corrected chi connectivity index (χ1v) is 7.09. The van der Waals surface area contributed by atoms with Crippen LogP contribution in [0.25, 0.3) is 11.3 Å². The van der Waals surface area contributed by atoms with Crippen molar-refractivity contribution < 1.29 is 14.4 Å². The van der Waals surface area contributed by atoms with Gasteiger partial charge in [-0.15, -0.1) is 0 Å². The molecule has 1 N–H and O–H groups in total. The largest absolute Gasteiger partial charge is 0.395 e. The Kier molecular flexibility index (Phi) is 4.98. The van der Waals surface area contributed by atoms with E-state index in [1.165, 1.54) is 0 Å². The highest BCUT2D eigenvalue weighted by Crippen LogP contribution is 2.31. The zero-order chi connectivity index (χ0) is 15.4. The summed E-state index contributed by atoms with van der Waals surface area (Å²) in [5.74, 6) is 0.214. The molecule has 1 amide bonds. The van der Waals surface area contributed by atoms with Gasteiger partial charge in [0.25, 0.3) is 5.91 Å². The van der Waals surface area contributed by atoms with E-state index >= 15 is 0 Å². The number of nitrogens with zero attached hydrogens (tertiary/aromatic N) is 2. The van der Waals surface area contributed by atoms with Crippen molar-refractivity contribution in [1.29, 1.82) is 0 Å². The van der Waals surface area contributed by atoms with Gasteiger partial charge in [-0.05, 0) is 19.9 Å². The lowest BCUT2D eigenvalue weighted by Crippen LogP contribution is -2.33. The molecule has 2 aromatic rings. The number of hydrogen-bond donors (Lipinski definition) is 1. The summed E-state index contributed by atoms with van der Waals surface area (Å²) in [6.07, 6.45) is 0. The van der Waals surface area contributed by atoms with E-state index in [1.807, 2.05) is 19.1 Å². The number of aryl methyl sites for hydroxylation is 1. The van der Waals surface area contributed by atoms with Crippen LogP contribution in [0.15, 0.2) is 28.8 Å². The molecule has 0 aliphatic rings. The lowest BCUT2D eigenvalue weighted by atomic mass is 10.1. The Morgan fingerprint density at radius 2 is 2.14 bits per heavy atom. The fourth-order valence-corrected chi connectivity index (χ4v) is 2.37. The molecule has 0 bridgehead atoms. The Balaban J connectivity index is 2.48. The van der Waals surface area contributed by atoms with E-state index in [2.05, 4.69) is 5.16 Å². The molecular weight excluding hydrogens is 292 g/mol. The van der Waals surface area contributed by atoms with Gasteiger partial charge in [-0.25, -0.2) is 0 Å². The van der Waals surface area contributed by atoms with Crippen molar-refractivity contribution in [1.82, 2.24) is 10.1 Å². The maximum absolute atomic E-state index is 12.6. The quantitative estimate of drug-likeness (QED) is 0.922. The topological polar surface area (TPSA) is 66.6 Å². The Hall–Kier alpha value is -1.85. The minimum atomic E-state index is -0.222. The smallest absolute Gasteiger partial charge is 0.259 e. The first-order valence-electron chi connectivity index (χ1n) is 6.71. The number of amides is 1. The number of carbonyl (C=O) groups excluding carboxylic acids is 1. The predicted molar refractivity (Wildman–Crippen MR) is 80.3 cm³/mol. The van der Waals surface area contributed by atoms with E-state index in [-0.39, 0.29) is 19.1 Å². The van der Waals surface area contributed by atoms with Gasteiger partial charge in [-0.2, -0.15) is 0 Å². The highest BCUT2D eigenvalue weighted by molar-refractivity contribution is 6.33. The first kappa shape index (κ1) is 15.5. The summed E-state index contributed by atoms with van der Waals surface area (Å²) in [6, 6.07) is 7.16. The predicted octanol–water partition coefficient (Wildman–Crippen LogP) is 2.76. The number of rotatable bonds is 5. The molecule has 0 fully saturated rings. The Morgan fingerprint density at radius 3 is 2.76 bits per heavy atom. The van der Waals surface area contributed by atoms with Crippen LogP contribution in [0.5, 0.6) is 0 Å². The summed E-state index contributed by atoms with van der Waals surface area (Å²) in [5, 5.41) is 13.5. The number of aliphatic hydroxyl groups excluding tert-OH is 1. The number of halogens is 1. The summed E-state index contributed by atoms with van der Waals surface area (Å²) in [6.45, 7) is 4.21. The Labute approximate surface area is 128 Å². The van der Waals surface area contributed by atoms with Gasteiger partial charge in [0.15, 0.2) is 0 Å². The second-order valence-electron chi connectivity index (χ2n) is 4.55. The maximum atomic E-state index is 12.6. The number of carbonyl (C=O) groups is 1. The molecule has 6 heteroatoms. The second kappa shape index (κ2) is 6.74. The van der Waals surface area contributed by atoms with E-state index < -0.39 is 0 Å². The molecule has 0 radical (unpaired) electrons. The van der Waals surface area contributed by atoms with Crippen molar-refractivity contribution in [3.05, 3.63) is 40.6 Å². The van der Waals surface area contributed by atoms with Crippen LogP contribution >= 0.6 is 11.6 Å². The Bertz CT molecular complexity index is 640. The highest BCUT2D eigenvalue weighted by Gasteiger charge is 2.26. The summed E-state index contributed by atoms with van der Waals surface area (Å²) < 4.78 is 5.18. The van der Waals surface area contributed by atoms with Gasteiger partial charge < -0.3 is 14.5 Å². The van der Waals surface area contributed by atoms with Crippen molar-refractivity contribution in [2.75, 3.05) is 19.7 Å². The van der Waals surface area contributed by atoms with E-state index in [9.17, 15) is 4.79 Å². The van der Waals surface area contributed by atoms with Crippen LogP contribution in [-0.2, 0) is 0 Å². The van der Waals surface area contributed by atoms with Gasteiger partial charge >= 0.3 is 0 Å². The molecule has 0 saturated carbocycles. The third-order valence-corrected chi connectivity index (χ3v) is 3.57. The zero-order valence-corrected chi connectivity index (χ0v) is 12.7. The lowest BCUT2D eigenvalue weighted by molar-refractivity contribution is 0.0731. The second-order valence-corrected chi connectivity index (χ2v) is 4.96. The summed E-state index contributed by atoms with van der Waals surface area (Å²) >= 11 is 6.17. The van der Waals surface area contributed by atoms with Gasteiger partial charge in [0.1, 0.15) is 17.0 Å². The van der Waals surface area contributed by atoms with Crippen LogP contribution in [0.2, 0.25) is 5.02 Å². The number of benzene rings is 1. The van der Waals surface area contributed by atoms with Crippen LogP contribution in [0, 0.1) is 6.92 Å². The number of hydrogen-bond acceptors (Lipinski definition) is 4. The molecule has 0 aliphatic carbocycles. The molecule has 0 unspecified atom stereocenters. The van der Waals surface area contributed by atoms with Gasteiger partial charge in [0.05, 0.1) is 11.6 Å². The molecule has 2 rings (SSSR count). The third kappa shape index (κ3) is 3.09. The van der Waals surface area contributed by atoms with Gasteiger partial charge in [-0.3, -0.25) is 4.79 Å². The summed E-state index contributed by atoms with van der Waals surface area (Å²) in [7, 11) is 0. The van der Waals surface area contributed by atoms with Gasteiger partial charge in [0, 0.05) is 18.7 Å². The third-order valence-electron chi connectivity index (χ3n) is 3.24. The van der Waals surface area contributed by atoms with Crippen molar-refractivity contribution in [2.24, 2.45) is 0 Å². The normalized spacial score (nSPS) is 10.7. The van der Waals surface area contributed by atoms with Crippen molar-refractivity contribution in [2.45, 2.75) is 13.8 Å². The monoisotopic (exact) mass is 308 g/mol. The first-order chi connectivity index (χ1) is 10.1. The average molecular weight is 309 g/mol. The standard InChI is InChI=1S/C15H17ClN2O3/c1-3-18(8-9-19)15(20)13-10(2)21-17-14(13)11-6-4-5-7-12(11)16/h4-7,19H,3,8-9H2,1-2H3. The molecule has 1 aromatic heterocycles. The molecule has 5 nitrogen and oxygen atoms in total. The van der Waals surface area contributed by atoms with E-state index in [0.29, 0.717) is 34.1 Å². The molecule has 0 saturated heterocycles. The minimum absolute atomic E-state index is 0.0919. The van der Waals surface area contributed by atoms with E-state index in [4.69, 9.17) is 21.2 Å². The molecule has 21 heavy (non-hydrogen) atoms. The Morgan fingerprint density at radius 1 is 1.43 bits per heavy atom. The molecule has 0 atom stereocenters. The molecule has 112 valence electrons. The molecule has 0 spiro atoms. The number of aromatic nitrogens is 1. The van der Waals surface area contributed by atoms with Crippen LogP contribution in [0.1, 0.15) is 23.0 Å². The summed E-state index contributed by atoms with van der Waals surface area (Å²) in [4.78, 5) is 14.2. The molecule has 1 aromatic carbocycles. The van der Waals surface area contributed by atoms with Gasteiger partial charge in [-0.1, -0.05) is 35.0 Å². The van der Waals surface area contributed by atoms with Crippen molar-refractivity contribution >= 4 is 17.5 Å². The van der Waals surface area contributed by atoms with Crippen molar-refractivity contribution in [3.63, 3.8) is 0 Å². The van der Waals surface area contributed by atoms with E-state index in [0.717, 1.165) is 0 Å². The fraction of sp³-hybridized carbons (Fsp3) is 0.333. The number of likely N-dealkylation sites (N-methyl/N-ethyl adjacent to an activating group) is 1. The maximum Gasteiger partial charge on any atom is 0.259 e. The fourth-order valence-electron chi connectivity index (χ4n) is 2.14. The molecule has 0 aliphatic heterocycles. The lowest BCUT2D eigenvalue weighted by Gasteiger charge is -2.19. The van der Waals surface area contributed by atoms with Crippen molar-refractivity contribution in [3.8, 4) is 11.3 Å². The van der Waals surface area contributed by atoms with Crippen LogP contribution in [-0.4, -0.2) is 40.8 Å². The van der Waals surface area contributed by atoms with Crippen LogP contribution < -0.4 is 0 Å². The molecule has 1 heterocycles.